The number of halogens is 1. The van der Waals surface area contributed by atoms with Crippen LogP contribution in [0.2, 0.25) is 0 Å². The predicted octanol–water partition coefficient (Wildman–Crippen LogP) is 3.79. The van der Waals surface area contributed by atoms with Crippen LogP contribution in [0.5, 0.6) is 5.75 Å². The van der Waals surface area contributed by atoms with E-state index in [1.165, 1.54) is 18.3 Å². The normalized spacial score (nSPS) is 14.3. The third-order valence-corrected chi connectivity index (χ3v) is 5.73. The summed E-state index contributed by atoms with van der Waals surface area (Å²) in [5.41, 5.74) is 2.77. The van der Waals surface area contributed by atoms with Gasteiger partial charge >= 0.3 is 0 Å². The van der Waals surface area contributed by atoms with Crippen molar-refractivity contribution in [3.8, 4) is 11.8 Å². The van der Waals surface area contributed by atoms with Crippen LogP contribution in [0.15, 0.2) is 48.7 Å². The highest BCUT2D eigenvalue weighted by Gasteiger charge is 2.27. The highest BCUT2D eigenvalue weighted by Crippen LogP contribution is 2.33. The molecule has 0 atom stereocenters. The SMILES string of the molecule is COc1ccc(CNC(=O)C2CCN(c3c(C#N)cnc4ccc(F)cc34)CC2)cc1. The number of anilines is 1. The number of aromatic nitrogens is 1. The van der Waals surface area contributed by atoms with Crippen molar-refractivity contribution >= 4 is 22.5 Å². The molecule has 1 fully saturated rings. The molecular weight excluding hydrogens is 395 g/mol. The molecule has 1 amide bonds. The van der Waals surface area contributed by atoms with Gasteiger partial charge in [-0.1, -0.05) is 12.1 Å². The van der Waals surface area contributed by atoms with E-state index in [4.69, 9.17) is 4.74 Å². The number of hydrogen-bond acceptors (Lipinski definition) is 5. The maximum absolute atomic E-state index is 13.9. The topological polar surface area (TPSA) is 78.2 Å². The van der Waals surface area contributed by atoms with Gasteiger partial charge in [0.05, 0.1) is 23.9 Å². The summed E-state index contributed by atoms with van der Waals surface area (Å²) in [6, 6.07) is 14.2. The van der Waals surface area contributed by atoms with Crippen LogP contribution in [0.3, 0.4) is 0 Å². The van der Waals surface area contributed by atoms with E-state index in [0.717, 1.165) is 11.3 Å². The van der Waals surface area contributed by atoms with Crippen LogP contribution in [0, 0.1) is 23.1 Å². The molecule has 0 aliphatic carbocycles. The summed E-state index contributed by atoms with van der Waals surface area (Å²) in [5, 5.41) is 13.2. The highest BCUT2D eigenvalue weighted by atomic mass is 19.1. The zero-order valence-electron chi connectivity index (χ0n) is 17.3. The number of carbonyl (C=O) groups excluding carboxylic acids is 1. The van der Waals surface area contributed by atoms with Crippen molar-refractivity contribution in [1.82, 2.24) is 10.3 Å². The third kappa shape index (κ3) is 4.43. The average Bonchev–Trinajstić information content (AvgIpc) is 2.82. The first-order valence-electron chi connectivity index (χ1n) is 10.2. The van der Waals surface area contributed by atoms with Gasteiger partial charge in [-0.15, -0.1) is 0 Å². The number of nitrogens with zero attached hydrogens (tertiary/aromatic N) is 3. The zero-order valence-corrected chi connectivity index (χ0v) is 17.3. The Balaban J connectivity index is 1.42. The van der Waals surface area contributed by atoms with Gasteiger partial charge in [0, 0.05) is 37.1 Å². The second-order valence-electron chi connectivity index (χ2n) is 7.62. The quantitative estimate of drug-likeness (QED) is 0.682. The van der Waals surface area contributed by atoms with Crippen LogP contribution in [-0.2, 0) is 11.3 Å². The van der Waals surface area contributed by atoms with Gasteiger partial charge in [-0.2, -0.15) is 5.26 Å². The van der Waals surface area contributed by atoms with Gasteiger partial charge in [-0.3, -0.25) is 9.78 Å². The van der Waals surface area contributed by atoms with Gasteiger partial charge in [0.2, 0.25) is 5.91 Å². The van der Waals surface area contributed by atoms with Crippen molar-refractivity contribution in [2.75, 3.05) is 25.1 Å². The smallest absolute Gasteiger partial charge is 0.223 e. The van der Waals surface area contributed by atoms with Crippen molar-refractivity contribution < 1.29 is 13.9 Å². The highest BCUT2D eigenvalue weighted by molar-refractivity contribution is 5.94. The number of piperidine rings is 1. The Hall–Kier alpha value is -3.66. The summed E-state index contributed by atoms with van der Waals surface area (Å²) in [6.45, 7) is 1.70. The molecule has 4 rings (SSSR count). The summed E-state index contributed by atoms with van der Waals surface area (Å²) < 4.78 is 19.0. The Morgan fingerprint density at radius 1 is 1.26 bits per heavy atom. The molecule has 2 heterocycles. The number of hydrogen-bond donors (Lipinski definition) is 1. The molecule has 1 aromatic heterocycles. The van der Waals surface area contributed by atoms with Crippen molar-refractivity contribution in [1.29, 1.82) is 5.26 Å². The Bertz CT molecular complexity index is 1130. The van der Waals surface area contributed by atoms with Gasteiger partial charge in [-0.05, 0) is 48.7 Å². The molecule has 31 heavy (non-hydrogen) atoms. The molecule has 7 heteroatoms. The summed E-state index contributed by atoms with van der Waals surface area (Å²) in [5.74, 6) is 0.354. The Kier molecular flexibility index (Phi) is 5.99. The summed E-state index contributed by atoms with van der Waals surface area (Å²) in [6.07, 6.45) is 2.86. The van der Waals surface area contributed by atoms with Gasteiger partial charge in [0.1, 0.15) is 17.6 Å². The monoisotopic (exact) mass is 418 g/mol. The summed E-state index contributed by atoms with van der Waals surface area (Å²) in [4.78, 5) is 19.0. The maximum Gasteiger partial charge on any atom is 0.223 e. The van der Waals surface area contributed by atoms with E-state index in [9.17, 15) is 14.4 Å². The lowest BCUT2D eigenvalue weighted by Crippen LogP contribution is -2.40. The Morgan fingerprint density at radius 3 is 2.68 bits per heavy atom. The van der Waals surface area contributed by atoms with Crippen LogP contribution in [0.4, 0.5) is 10.1 Å². The lowest BCUT2D eigenvalue weighted by Gasteiger charge is -2.34. The molecule has 0 radical (unpaired) electrons. The van der Waals surface area contributed by atoms with E-state index in [1.54, 1.807) is 13.2 Å². The second-order valence-corrected chi connectivity index (χ2v) is 7.62. The molecule has 3 aromatic rings. The minimum absolute atomic E-state index is 0.0293. The lowest BCUT2D eigenvalue weighted by atomic mass is 9.94. The fourth-order valence-electron chi connectivity index (χ4n) is 4.02. The first kappa shape index (κ1) is 20.6. The molecule has 6 nitrogen and oxygen atoms in total. The van der Waals surface area contributed by atoms with E-state index < -0.39 is 0 Å². The molecule has 0 spiro atoms. The number of benzene rings is 2. The minimum atomic E-state index is -0.363. The number of ether oxygens (including phenoxy) is 1. The van der Waals surface area contributed by atoms with Crippen molar-refractivity contribution in [3.05, 3.63) is 65.6 Å². The largest absolute Gasteiger partial charge is 0.497 e. The molecule has 0 unspecified atom stereocenters. The predicted molar refractivity (Wildman–Crippen MR) is 116 cm³/mol. The molecule has 1 aliphatic heterocycles. The van der Waals surface area contributed by atoms with Crippen LogP contribution in [-0.4, -0.2) is 31.1 Å². The molecule has 0 bridgehead atoms. The van der Waals surface area contributed by atoms with Gasteiger partial charge < -0.3 is 15.0 Å². The standard InChI is InChI=1S/C24H23FN4O2/c1-31-20-5-2-16(3-6-20)14-28-24(30)17-8-10-29(11-9-17)23-18(13-26)15-27-22-7-4-19(25)12-21(22)23/h2-7,12,15,17H,8-11,14H2,1H3,(H,28,30). The molecule has 158 valence electrons. The maximum atomic E-state index is 13.9. The molecule has 0 saturated carbocycles. The van der Waals surface area contributed by atoms with Crippen molar-refractivity contribution in [3.63, 3.8) is 0 Å². The summed E-state index contributed by atoms with van der Waals surface area (Å²) in [7, 11) is 1.62. The van der Waals surface area contributed by atoms with Gasteiger partial charge in [0.25, 0.3) is 0 Å². The first-order valence-corrected chi connectivity index (χ1v) is 10.2. The van der Waals surface area contributed by atoms with Crippen LogP contribution in [0.1, 0.15) is 24.0 Å². The fraction of sp³-hybridized carbons (Fsp3) is 0.292. The molecule has 1 aliphatic rings. The van der Waals surface area contributed by atoms with E-state index in [-0.39, 0.29) is 17.6 Å². The fourth-order valence-corrected chi connectivity index (χ4v) is 4.02. The van der Waals surface area contributed by atoms with E-state index in [1.807, 2.05) is 24.3 Å². The number of carbonyl (C=O) groups is 1. The van der Waals surface area contributed by atoms with Crippen LogP contribution >= 0.6 is 0 Å². The van der Waals surface area contributed by atoms with Gasteiger partial charge in [0.15, 0.2) is 0 Å². The number of methoxy groups -OCH3 is 1. The number of pyridine rings is 1. The van der Waals surface area contributed by atoms with E-state index in [2.05, 4.69) is 21.3 Å². The Labute approximate surface area is 180 Å². The number of nitrogens with one attached hydrogen (secondary N) is 1. The number of amides is 1. The third-order valence-electron chi connectivity index (χ3n) is 5.73. The number of rotatable bonds is 5. The lowest BCUT2D eigenvalue weighted by molar-refractivity contribution is -0.125. The average molecular weight is 418 g/mol. The number of nitriles is 1. The molecule has 2 aromatic carbocycles. The van der Waals surface area contributed by atoms with Crippen molar-refractivity contribution in [2.45, 2.75) is 19.4 Å². The van der Waals surface area contributed by atoms with Crippen molar-refractivity contribution in [2.24, 2.45) is 5.92 Å². The summed E-state index contributed by atoms with van der Waals surface area (Å²) >= 11 is 0. The second kappa shape index (κ2) is 9.00. The molecular formula is C24H23FN4O2. The van der Waals surface area contributed by atoms with Gasteiger partial charge in [-0.25, -0.2) is 4.39 Å². The molecule has 1 N–H and O–H groups in total. The Morgan fingerprint density at radius 2 is 2.00 bits per heavy atom. The number of fused-ring (bicyclic) bond motifs is 1. The van der Waals surface area contributed by atoms with E-state index >= 15 is 0 Å². The first-order chi connectivity index (χ1) is 15.1. The molecule has 1 saturated heterocycles. The zero-order chi connectivity index (χ0) is 21.8. The van der Waals surface area contributed by atoms with Crippen LogP contribution < -0.4 is 15.0 Å². The minimum Gasteiger partial charge on any atom is -0.497 e. The van der Waals surface area contributed by atoms with Crippen LogP contribution in [0.25, 0.3) is 10.9 Å². The van der Waals surface area contributed by atoms with E-state index in [0.29, 0.717) is 54.6 Å².